The van der Waals surface area contributed by atoms with Crippen molar-refractivity contribution in [3.63, 3.8) is 0 Å². The first-order chi connectivity index (χ1) is 8.92. The number of nitrogens with two attached hydrogens (primary N) is 1. The summed E-state index contributed by atoms with van der Waals surface area (Å²) in [6, 6.07) is 6.23. The van der Waals surface area contributed by atoms with Crippen molar-refractivity contribution >= 4 is 11.6 Å². The summed E-state index contributed by atoms with van der Waals surface area (Å²) in [5.41, 5.74) is 5.19. The van der Waals surface area contributed by atoms with Gasteiger partial charge in [0.15, 0.2) is 0 Å². The van der Waals surface area contributed by atoms with Gasteiger partial charge in [-0.25, -0.2) is 0 Å². The highest BCUT2D eigenvalue weighted by atomic mass is 35.5. The van der Waals surface area contributed by atoms with Gasteiger partial charge < -0.3 is 4.90 Å². The molecular formula is C15H26ClN3. The molecule has 0 amide bonds. The Kier molecular flexibility index (Phi) is 5.81. The molecule has 19 heavy (non-hydrogen) atoms. The molecule has 0 aliphatic rings. The number of hydrazine groups is 1. The molecule has 4 heteroatoms. The minimum atomic E-state index is -0.0205. The number of hydrogen-bond donors (Lipinski definition) is 2. The summed E-state index contributed by atoms with van der Waals surface area (Å²) in [4.78, 5) is 2.26. The zero-order valence-electron chi connectivity index (χ0n) is 12.6. The van der Waals surface area contributed by atoms with Crippen LogP contribution in [0.2, 0.25) is 5.02 Å². The molecule has 1 unspecified atom stereocenters. The summed E-state index contributed by atoms with van der Waals surface area (Å²) in [5, 5.41) is 0.789. The lowest BCUT2D eigenvalue weighted by atomic mass is 9.80. The van der Waals surface area contributed by atoms with E-state index < -0.39 is 0 Å². The van der Waals surface area contributed by atoms with Crippen LogP contribution in [0.25, 0.3) is 0 Å². The number of hydrogen-bond acceptors (Lipinski definition) is 3. The van der Waals surface area contributed by atoms with Crippen molar-refractivity contribution in [3.05, 3.63) is 34.3 Å². The van der Waals surface area contributed by atoms with Crippen LogP contribution in [0, 0.1) is 6.92 Å². The number of benzene rings is 1. The van der Waals surface area contributed by atoms with Crippen LogP contribution in [-0.4, -0.2) is 24.5 Å². The fourth-order valence-electron chi connectivity index (χ4n) is 2.90. The zero-order chi connectivity index (χ0) is 14.6. The number of nitrogens with one attached hydrogen (secondary N) is 1. The Labute approximate surface area is 122 Å². The maximum Gasteiger partial charge on any atom is 0.0644 e. The quantitative estimate of drug-likeness (QED) is 0.622. The van der Waals surface area contributed by atoms with Crippen molar-refractivity contribution in [1.29, 1.82) is 0 Å². The van der Waals surface area contributed by atoms with Crippen molar-refractivity contribution in [2.24, 2.45) is 5.84 Å². The molecule has 0 spiro atoms. The zero-order valence-corrected chi connectivity index (χ0v) is 13.4. The average Bonchev–Trinajstić information content (AvgIpc) is 2.39. The number of likely N-dealkylation sites (N-methyl/N-ethyl adjacent to an activating group) is 1. The summed E-state index contributed by atoms with van der Waals surface area (Å²) in [6.07, 6.45) is 2.02. The Morgan fingerprint density at radius 1 is 1.32 bits per heavy atom. The maximum absolute atomic E-state index is 6.25. The smallest absolute Gasteiger partial charge is 0.0644 e. The van der Waals surface area contributed by atoms with Crippen LogP contribution in [0.5, 0.6) is 0 Å². The molecule has 0 saturated heterocycles. The number of rotatable bonds is 6. The van der Waals surface area contributed by atoms with Gasteiger partial charge in [-0.3, -0.25) is 11.3 Å². The van der Waals surface area contributed by atoms with Gasteiger partial charge in [0.1, 0.15) is 0 Å². The SMILES string of the molecule is CCC(CC)(C(NN)c1ccc(C)c(Cl)c1)N(C)C. The van der Waals surface area contributed by atoms with Gasteiger partial charge in [-0.15, -0.1) is 0 Å². The third kappa shape index (κ3) is 3.11. The standard InChI is InChI=1S/C15H26ClN3/c1-6-15(7-2,19(4)5)14(18-17)12-9-8-11(3)13(16)10-12/h8-10,14,18H,6-7,17H2,1-5H3. The second-order valence-electron chi connectivity index (χ2n) is 5.31. The summed E-state index contributed by atoms with van der Waals surface area (Å²) in [6.45, 7) is 6.41. The molecular weight excluding hydrogens is 258 g/mol. The van der Waals surface area contributed by atoms with Crippen molar-refractivity contribution in [1.82, 2.24) is 10.3 Å². The number of halogens is 1. The highest BCUT2D eigenvalue weighted by Crippen LogP contribution is 2.36. The second kappa shape index (κ2) is 6.71. The average molecular weight is 284 g/mol. The highest BCUT2D eigenvalue weighted by molar-refractivity contribution is 6.31. The van der Waals surface area contributed by atoms with Crippen molar-refractivity contribution in [2.75, 3.05) is 14.1 Å². The monoisotopic (exact) mass is 283 g/mol. The molecule has 1 atom stereocenters. The van der Waals surface area contributed by atoms with E-state index >= 15 is 0 Å². The van der Waals surface area contributed by atoms with Gasteiger partial charge in [0.2, 0.25) is 0 Å². The van der Waals surface area contributed by atoms with Crippen LogP contribution < -0.4 is 11.3 Å². The molecule has 1 rings (SSSR count). The Morgan fingerprint density at radius 3 is 2.26 bits per heavy atom. The first kappa shape index (κ1) is 16.4. The third-order valence-electron chi connectivity index (χ3n) is 4.35. The Morgan fingerprint density at radius 2 is 1.89 bits per heavy atom. The van der Waals surface area contributed by atoms with E-state index in [-0.39, 0.29) is 11.6 Å². The summed E-state index contributed by atoms with van der Waals surface area (Å²) < 4.78 is 0. The summed E-state index contributed by atoms with van der Waals surface area (Å²) in [5.74, 6) is 5.85. The molecule has 0 saturated carbocycles. The van der Waals surface area contributed by atoms with E-state index in [0.29, 0.717) is 0 Å². The van der Waals surface area contributed by atoms with Crippen LogP contribution in [0.4, 0.5) is 0 Å². The van der Waals surface area contributed by atoms with Gasteiger partial charge in [-0.1, -0.05) is 37.6 Å². The molecule has 0 radical (unpaired) electrons. The molecule has 0 aliphatic heterocycles. The van der Waals surface area contributed by atoms with Gasteiger partial charge in [0, 0.05) is 10.6 Å². The molecule has 0 fully saturated rings. The molecule has 108 valence electrons. The Hall–Kier alpha value is -0.610. The van der Waals surface area contributed by atoms with Crippen LogP contribution in [0.1, 0.15) is 43.9 Å². The number of nitrogens with zero attached hydrogens (tertiary/aromatic N) is 1. The summed E-state index contributed by atoms with van der Waals surface area (Å²) >= 11 is 6.25. The highest BCUT2D eigenvalue weighted by Gasteiger charge is 2.38. The van der Waals surface area contributed by atoms with Crippen LogP contribution in [0.15, 0.2) is 18.2 Å². The van der Waals surface area contributed by atoms with Crippen molar-refractivity contribution < 1.29 is 0 Å². The molecule has 0 aliphatic carbocycles. The molecule has 1 aromatic carbocycles. The topological polar surface area (TPSA) is 41.3 Å². The van der Waals surface area contributed by atoms with Gasteiger partial charge in [-0.05, 0) is 51.1 Å². The Bertz CT molecular complexity index is 414. The minimum Gasteiger partial charge on any atom is -0.302 e. The Balaban J connectivity index is 3.27. The third-order valence-corrected chi connectivity index (χ3v) is 4.76. The lowest BCUT2D eigenvalue weighted by molar-refractivity contribution is 0.0882. The van der Waals surface area contributed by atoms with E-state index in [1.807, 2.05) is 19.1 Å². The number of aryl methyl sites for hydroxylation is 1. The van der Waals surface area contributed by atoms with Gasteiger partial charge in [-0.2, -0.15) is 0 Å². The van der Waals surface area contributed by atoms with E-state index in [0.717, 1.165) is 29.0 Å². The predicted octanol–water partition coefficient (Wildman–Crippen LogP) is 3.27. The second-order valence-corrected chi connectivity index (χ2v) is 5.72. The molecule has 1 aromatic rings. The van der Waals surface area contributed by atoms with E-state index in [4.69, 9.17) is 17.4 Å². The fourth-order valence-corrected chi connectivity index (χ4v) is 3.09. The van der Waals surface area contributed by atoms with E-state index in [9.17, 15) is 0 Å². The molecule has 3 N–H and O–H groups in total. The van der Waals surface area contributed by atoms with Gasteiger partial charge in [0.05, 0.1) is 6.04 Å². The first-order valence-electron chi connectivity index (χ1n) is 6.82. The van der Waals surface area contributed by atoms with Gasteiger partial charge >= 0.3 is 0 Å². The minimum absolute atomic E-state index is 0.0205. The molecule has 3 nitrogen and oxygen atoms in total. The van der Waals surface area contributed by atoms with Crippen LogP contribution in [0.3, 0.4) is 0 Å². The van der Waals surface area contributed by atoms with E-state index in [1.54, 1.807) is 0 Å². The van der Waals surface area contributed by atoms with E-state index in [1.165, 1.54) is 0 Å². The predicted molar refractivity (Wildman–Crippen MR) is 83.3 cm³/mol. The van der Waals surface area contributed by atoms with Crippen molar-refractivity contribution in [3.8, 4) is 0 Å². The normalized spacial score (nSPS) is 13.9. The maximum atomic E-state index is 6.25. The summed E-state index contributed by atoms with van der Waals surface area (Å²) in [7, 11) is 4.21. The van der Waals surface area contributed by atoms with E-state index in [2.05, 4.69) is 44.3 Å². The lowest BCUT2D eigenvalue weighted by Crippen LogP contribution is -2.54. The van der Waals surface area contributed by atoms with Crippen LogP contribution in [-0.2, 0) is 0 Å². The van der Waals surface area contributed by atoms with Crippen molar-refractivity contribution in [2.45, 2.75) is 45.2 Å². The van der Waals surface area contributed by atoms with Gasteiger partial charge in [0.25, 0.3) is 0 Å². The molecule has 0 bridgehead atoms. The fraction of sp³-hybridized carbons (Fsp3) is 0.600. The van der Waals surface area contributed by atoms with Crippen LogP contribution >= 0.6 is 11.6 Å². The molecule has 0 heterocycles. The molecule has 0 aromatic heterocycles. The lowest BCUT2D eigenvalue weighted by Gasteiger charge is -2.45. The largest absolute Gasteiger partial charge is 0.302 e. The first-order valence-corrected chi connectivity index (χ1v) is 7.20.